The molecule has 1 amide bonds. The van der Waals surface area contributed by atoms with E-state index in [4.69, 9.17) is 11.6 Å². The Morgan fingerprint density at radius 1 is 0.854 bits per heavy atom. The van der Waals surface area contributed by atoms with E-state index in [0.717, 1.165) is 18.3 Å². The lowest BCUT2D eigenvalue weighted by Gasteiger charge is -2.36. The number of halogens is 9. The number of nitrogens with zero attached hydrogens (tertiary/aromatic N) is 1. The van der Waals surface area contributed by atoms with Crippen LogP contribution < -0.4 is 5.32 Å². The van der Waals surface area contributed by atoms with Gasteiger partial charge in [-0.15, -0.1) is 0 Å². The molecule has 0 aliphatic carbocycles. The molecular weight excluding hydrogens is 580 g/mol. The molecule has 0 saturated heterocycles. The molecule has 1 heterocycles. The van der Waals surface area contributed by atoms with Gasteiger partial charge in [-0.2, -0.15) is 26.3 Å². The maximum absolute atomic E-state index is 14.8. The van der Waals surface area contributed by atoms with Gasteiger partial charge in [0, 0.05) is 18.2 Å². The van der Waals surface area contributed by atoms with Crippen LogP contribution in [0.15, 0.2) is 79.0 Å². The van der Waals surface area contributed by atoms with Gasteiger partial charge in [-0.25, -0.2) is 8.78 Å². The van der Waals surface area contributed by atoms with Crippen LogP contribution in [0.4, 0.5) is 35.1 Å². The molecule has 1 atom stereocenters. The minimum atomic E-state index is -5.14. The number of amides is 1. The fourth-order valence-electron chi connectivity index (χ4n) is 4.39. The second-order valence-corrected chi connectivity index (χ2v) is 9.68. The normalized spacial score (nSPS) is 13.5. The summed E-state index contributed by atoms with van der Waals surface area (Å²) in [6.07, 6.45) is -9.27. The monoisotopic (exact) mass is 598 g/mol. The van der Waals surface area contributed by atoms with Gasteiger partial charge in [-0.05, 0) is 72.1 Å². The fraction of sp³-hybridized carbons (Fsp3) is 0.172. The van der Waals surface area contributed by atoms with Gasteiger partial charge in [0.25, 0.3) is 5.91 Å². The van der Waals surface area contributed by atoms with Crippen molar-refractivity contribution in [3.8, 4) is 0 Å². The highest BCUT2D eigenvalue weighted by atomic mass is 35.5. The predicted octanol–water partition coefficient (Wildman–Crippen LogP) is 8.28. The Morgan fingerprint density at radius 3 is 2.15 bits per heavy atom. The van der Waals surface area contributed by atoms with Gasteiger partial charge < -0.3 is 5.32 Å². The van der Waals surface area contributed by atoms with Crippen molar-refractivity contribution >= 4 is 17.5 Å². The van der Waals surface area contributed by atoms with Gasteiger partial charge in [0.05, 0.1) is 21.8 Å². The second kappa shape index (κ2) is 11.1. The Labute approximate surface area is 233 Å². The van der Waals surface area contributed by atoms with Crippen LogP contribution in [0.25, 0.3) is 0 Å². The van der Waals surface area contributed by atoms with Gasteiger partial charge in [-0.3, -0.25) is 9.78 Å². The van der Waals surface area contributed by atoms with Gasteiger partial charge in [0.15, 0.2) is 0 Å². The molecule has 1 aromatic heterocycles. The molecule has 0 aliphatic rings. The highest BCUT2D eigenvalue weighted by Crippen LogP contribution is 2.39. The number of nitrogens with one attached hydrogen (secondary N) is 1. The zero-order valence-corrected chi connectivity index (χ0v) is 21.7. The van der Waals surface area contributed by atoms with Gasteiger partial charge >= 0.3 is 12.4 Å². The molecule has 12 heteroatoms. The van der Waals surface area contributed by atoms with Crippen molar-refractivity contribution in [1.82, 2.24) is 10.3 Å². The largest absolute Gasteiger partial charge is 0.419 e. The van der Waals surface area contributed by atoms with E-state index in [1.54, 1.807) is 31.2 Å². The van der Waals surface area contributed by atoms with E-state index in [-0.39, 0.29) is 29.3 Å². The topological polar surface area (TPSA) is 42.0 Å². The summed E-state index contributed by atoms with van der Waals surface area (Å²) in [6.45, 7) is 1.69. The summed E-state index contributed by atoms with van der Waals surface area (Å²) >= 11 is 5.98. The number of hydrogen-bond acceptors (Lipinski definition) is 2. The lowest BCUT2D eigenvalue weighted by Crippen LogP contribution is -2.49. The third kappa shape index (κ3) is 6.51. The first-order chi connectivity index (χ1) is 19.1. The number of benzene rings is 3. The van der Waals surface area contributed by atoms with E-state index in [9.17, 15) is 39.9 Å². The summed E-state index contributed by atoms with van der Waals surface area (Å²) < 4.78 is 110. The summed E-state index contributed by atoms with van der Waals surface area (Å²) in [5.74, 6) is -4.12. The van der Waals surface area contributed by atoms with Crippen LogP contribution in [0.3, 0.4) is 0 Å². The van der Waals surface area contributed by atoms with Crippen molar-refractivity contribution in [2.75, 3.05) is 0 Å². The first-order valence-corrected chi connectivity index (χ1v) is 12.2. The third-order valence-corrected chi connectivity index (χ3v) is 6.68. The number of aromatic nitrogens is 1. The zero-order chi connectivity index (χ0) is 30.2. The minimum absolute atomic E-state index is 0.0876. The number of hydrogen-bond donors (Lipinski definition) is 1. The van der Waals surface area contributed by atoms with Crippen molar-refractivity contribution in [3.63, 3.8) is 0 Å². The van der Waals surface area contributed by atoms with Crippen molar-refractivity contribution in [3.05, 3.63) is 135 Å². The first kappa shape index (κ1) is 30.0. The smallest absolute Gasteiger partial charge is 0.337 e. The molecule has 0 aliphatic heterocycles. The zero-order valence-electron chi connectivity index (χ0n) is 21.0. The van der Waals surface area contributed by atoms with Crippen molar-refractivity contribution in [1.29, 1.82) is 0 Å². The summed E-state index contributed by atoms with van der Waals surface area (Å²) in [4.78, 5) is 17.7. The van der Waals surface area contributed by atoms with Crippen LogP contribution in [0.1, 0.15) is 43.9 Å². The Morgan fingerprint density at radius 2 is 1.54 bits per heavy atom. The van der Waals surface area contributed by atoms with E-state index in [0.29, 0.717) is 23.3 Å². The number of aryl methyl sites for hydroxylation is 1. The van der Waals surface area contributed by atoms with Crippen LogP contribution in [0.2, 0.25) is 5.02 Å². The first-order valence-electron chi connectivity index (χ1n) is 11.8. The molecule has 41 heavy (non-hydrogen) atoms. The molecule has 0 saturated carbocycles. The standard InChI is InChI=1S/C29H19ClF8N2O/c1-16-4-2-3-5-18(16)14-27(25-9-7-21(30)15-39-25,19-11-20(28(33,34)35)13-22(31)12-19)40-26(41)17-6-8-24(32)23(10-17)29(36,37)38/h2-13,15H,14H2,1H3,(H,40,41)/t27-/m0/s1. The number of rotatable bonds is 6. The van der Waals surface area contributed by atoms with E-state index in [2.05, 4.69) is 10.3 Å². The van der Waals surface area contributed by atoms with Crippen molar-refractivity contribution in [2.24, 2.45) is 0 Å². The average molecular weight is 599 g/mol. The molecule has 0 spiro atoms. The number of carbonyl (C=O) groups excluding carboxylic acids is 1. The number of pyridine rings is 1. The van der Waals surface area contributed by atoms with Crippen molar-refractivity contribution < 1.29 is 39.9 Å². The van der Waals surface area contributed by atoms with Crippen LogP contribution >= 0.6 is 11.6 Å². The molecule has 0 radical (unpaired) electrons. The molecule has 3 aromatic carbocycles. The number of alkyl halides is 6. The van der Waals surface area contributed by atoms with E-state index < -0.39 is 57.7 Å². The predicted molar refractivity (Wildman–Crippen MR) is 135 cm³/mol. The molecule has 0 unspecified atom stereocenters. The Hall–Kier alpha value is -3.99. The summed E-state index contributed by atoms with van der Waals surface area (Å²) in [7, 11) is 0. The SMILES string of the molecule is Cc1ccccc1C[C@](NC(=O)c1ccc(F)c(C(F)(F)F)c1)(c1cc(F)cc(C(F)(F)F)c1)c1ccc(Cl)cn1. The molecule has 3 nitrogen and oxygen atoms in total. The van der Waals surface area contributed by atoms with Crippen LogP contribution in [-0.2, 0) is 24.3 Å². The van der Waals surface area contributed by atoms with Crippen molar-refractivity contribution in [2.45, 2.75) is 31.2 Å². The average Bonchev–Trinajstić information content (AvgIpc) is 2.88. The maximum Gasteiger partial charge on any atom is 0.419 e. The quantitative estimate of drug-likeness (QED) is 0.227. The highest BCUT2D eigenvalue weighted by Gasteiger charge is 2.42. The van der Waals surface area contributed by atoms with Gasteiger partial charge in [0.1, 0.15) is 17.2 Å². The Kier molecular flexibility index (Phi) is 8.13. The van der Waals surface area contributed by atoms with E-state index in [1.165, 1.54) is 12.1 Å². The molecule has 4 rings (SSSR count). The lowest BCUT2D eigenvalue weighted by atomic mass is 9.78. The molecule has 0 bridgehead atoms. The Bertz CT molecular complexity index is 1590. The lowest BCUT2D eigenvalue weighted by molar-refractivity contribution is -0.140. The summed E-state index contributed by atoms with van der Waals surface area (Å²) in [6, 6.07) is 12.5. The second-order valence-electron chi connectivity index (χ2n) is 9.24. The van der Waals surface area contributed by atoms with Crippen LogP contribution in [-0.4, -0.2) is 10.9 Å². The summed E-state index contributed by atoms with van der Waals surface area (Å²) in [5, 5.41) is 2.64. The minimum Gasteiger partial charge on any atom is -0.337 e. The molecule has 0 fully saturated rings. The van der Waals surface area contributed by atoms with Gasteiger partial charge in [0.2, 0.25) is 0 Å². The van der Waals surface area contributed by atoms with Crippen LogP contribution in [0.5, 0.6) is 0 Å². The molecular formula is C29H19ClF8N2O. The Balaban J connectivity index is 2.00. The maximum atomic E-state index is 14.8. The molecule has 214 valence electrons. The van der Waals surface area contributed by atoms with Gasteiger partial charge in [-0.1, -0.05) is 35.9 Å². The summed E-state index contributed by atoms with van der Waals surface area (Å²) in [5.41, 5.74) is -5.14. The molecule has 4 aromatic rings. The number of carbonyl (C=O) groups is 1. The highest BCUT2D eigenvalue weighted by molar-refractivity contribution is 6.30. The van der Waals surface area contributed by atoms with Crippen LogP contribution in [0, 0.1) is 18.6 Å². The van der Waals surface area contributed by atoms with E-state index in [1.807, 2.05) is 0 Å². The molecule has 1 N–H and O–H groups in total. The third-order valence-electron chi connectivity index (χ3n) is 6.46. The van der Waals surface area contributed by atoms with E-state index >= 15 is 0 Å². The fourth-order valence-corrected chi connectivity index (χ4v) is 4.50.